The van der Waals surface area contributed by atoms with Crippen molar-refractivity contribution in [3.63, 3.8) is 0 Å². The molecule has 0 saturated heterocycles. The fourth-order valence-electron chi connectivity index (χ4n) is 1.92. The molecule has 1 aromatic carbocycles. The predicted molar refractivity (Wildman–Crippen MR) is 79.3 cm³/mol. The quantitative estimate of drug-likeness (QED) is 0.691. The van der Waals surface area contributed by atoms with Crippen LogP contribution < -0.4 is 5.73 Å². The smallest absolute Gasteiger partial charge is 0.159 e. The molecule has 21 heavy (non-hydrogen) atoms. The second-order valence-electron chi connectivity index (χ2n) is 4.34. The molecule has 3 rings (SSSR count). The third kappa shape index (κ3) is 2.52. The summed E-state index contributed by atoms with van der Waals surface area (Å²) in [5.41, 5.74) is 8.11. The van der Waals surface area contributed by atoms with Crippen molar-refractivity contribution in [2.75, 3.05) is 5.73 Å². The van der Waals surface area contributed by atoms with Crippen LogP contribution in [-0.2, 0) is 0 Å². The van der Waals surface area contributed by atoms with E-state index in [1.54, 1.807) is 12.3 Å². The lowest BCUT2D eigenvalue weighted by molar-refractivity contribution is 0.509. The monoisotopic (exact) mass is 350 g/mol. The van der Waals surface area contributed by atoms with Gasteiger partial charge in [0.25, 0.3) is 0 Å². The van der Waals surface area contributed by atoms with Crippen LogP contribution >= 0.6 is 15.9 Å². The average molecular weight is 351 g/mol. The highest BCUT2D eigenvalue weighted by molar-refractivity contribution is 9.10. The molecular weight excluding hydrogens is 342 g/mol. The summed E-state index contributed by atoms with van der Waals surface area (Å²) in [5.74, 6) is -1.27. The standard InChI is InChI=1S/C14H9BrF2N4/c15-13-12(18)8(3-4-19-13)14-20-6-11(21-14)7-1-2-9(16)10(17)5-7/h1-6H,18H2,(H,20,21). The fourth-order valence-corrected chi connectivity index (χ4v) is 2.25. The molecule has 3 aromatic rings. The van der Waals surface area contributed by atoms with Gasteiger partial charge in [-0.2, -0.15) is 0 Å². The third-order valence-electron chi connectivity index (χ3n) is 3.00. The van der Waals surface area contributed by atoms with Gasteiger partial charge in [-0.3, -0.25) is 0 Å². The number of nitrogens with two attached hydrogens (primary N) is 1. The molecule has 106 valence electrons. The zero-order chi connectivity index (χ0) is 15.0. The molecule has 0 amide bonds. The molecule has 7 heteroatoms. The Labute approximate surface area is 127 Å². The van der Waals surface area contributed by atoms with Gasteiger partial charge in [0.05, 0.1) is 17.6 Å². The van der Waals surface area contributed by atoms with Crippen LogP contribution in [0.15, 0.2) is 41.3 Å². The van der Waals surface area contributed by atoms with Gasteiger partial charge in [-0.25, -0.2) is 18.7 Å². The van der Waals surface area contributed by atoms with E-state index in [4.69, 9.17) is 5.73 Å². The average Bonchev–Trinajstić information content (AvgIpc) is 2.94. The highest BCUT2D eigenvalue weighted by atomic mass is 79.9. The van der Waals surface area contributed by atoms with E-state index in [-0.39, 0.29) is 0 Å². The summed E-state index contributed by atoms with van der Waals surface area (Å²) in [5, 5.41) is 0. The summed E-state index contributed by atoms with van der Waals surface area (Å²) in [6.45, 7) is 0. The maximum Gasteiger partial charge on any atom is 0.159 e. The van der Waals surface area contributed by atoms with E-state index in [9.17, 15) is 8.78 Å². The van der Waals surface area contributed by atoms with Gasteiger partial charge in [-0.15, -0.1) is 0 Å². The van der Waals surface area contributed by atoms with Crippen molar-refractivity contribution < 1.29 is 8.78 Å². The molecule has 0 bridgehead atoms. The van der Waals surface area contributed by atoms with Crippen LogP contribution in [0.4, 0.5) is 14.5 Å². The largest absolute Gasteiger partial charge is 0.396 e. The number of aromatic nitrogens is 3. The molecule has 0 fully saturated rings. The highest BCUT2D eigenvalue weighted by Crippen LogP contribution is 2.30. The van der Waals surface area contributed by atoms with Gasteiger partial charge in [0.15, 0.2) is 11.6 Å². The number of halogens is 3. The number of imidazole rings is 1. The molecular formula is C14H9BrF2N4. The highest BCUT2D eigenvalue weighted by Gasteiger charge is 2.12. The molecule has 3 N–H and O–H groups in total. The van der Waals surface area contributed by atoms with E-state index in [0.717, 1.165) is 12.1 Å². The summed E-state index contributed by atoms with van der Waals surface area (Å²) in [6.07, 6.45) is 3.13. The second-order valence-corrected chi connectivity index (χ2v) is 5.09. The van der Waals surface area contributed by atoms with Crippen LogP contribution in [0.1, 0.15) is 0 Å². The summed E-state index contributed by atoms with van der Waals surface area (Å²) in [6, 6.07) is 5.37. The number of aromatic amines is 1. The van der Waals surface area contributed by atoms with Crippen molar-refractivity contribution in [1.29, 1.82) is 0 Å². The number of hydrogen-bond donors (Lipinski definition) is 2. The number of hydrogen-bond acceptors (Lipinski definition) is 3. The zero-order valence-electron chi connectivity index (χ0n) is 10.6. The molecule has 2 aromatic heterocycles. The van der Waals surface area contributed by atoms with Crippen LogP contribution in [0.5, 0.6) is 0 Å². The molecule has 0 aliphatic carbocycles. The van der Waals surface area contributed by atoms with E-state index in [1.807, 2.05) is 0 Å². The topological polar surface area (TPSA) is 67.6 Å². The van der Waals surface area contributed by atoms with Crippen LogP contribution in [0.25, 0.3) is 22.6 Å². The molecule has 2 heterocycles. The second kappa shape index (κ2) is 5.25. The van der Waals surface area contributed by atoms with Crippen LogP contribution in [0.2, 0.25) is 0 Å². The first-order chi connectivity index (χ1) is 10.1. The molecule has 0 saturated carbocycles. The van der Waals surface area contributed by atoms with Gasteiger partial charge in [-0.05, 0) is 40.2 Å². The maximum atomic E-state index is 13.3. The first-order valence-electron chi connectivity index (χ1n) is 5.97. The van der Waals surface area contributed by atoms with E-state index >= 15 is 0 Å². The van der Waals surface area contributed by atoms with Gasteiger partial charge in [0.2, 0.25) is 0 Å². The fraction of sp³-hybridized carbons (Fsp3) is 0. The predicted octanol–water partition coefficient (Wildman–Crippen LogP) is 3.76. The third-order valence-corrected chi connectivity index (χ3v) is 3.63. The van der Waals surface area contributed by atoms with Gasteiger partial charge >= 0.3 is 0 Å². The number of H-pyrrole nitrogens is 1. The van der Waals surface area contributed by atoms with Crippen molar-refractivity contribution in [2.24, 2.45) is 0 Å². The number of pyridine rings is 1. The van der Waals surface area contributed by atoms with Gasteiger partial charge in [0, 0.05) is 17.3 Å². The number of nitrogens with zero attached hydrogens (tertiary/aromatic N) is 2. The Morgan fingerprint density at radius 2 is 1.90 bits per heavy atom. The molecule has 0 spiro atoms. The van der Waals surface area contributed by atoms with Crippen LogP contribution in [-0.4, -0.2) is 15.0 Å². The number of anilines is 1. The molecule has 4 nitrogen and oxygen atoms in total. The SMILES string of the molecule is Nc1c(-c2ncc(-c3ccc(F)c(F)c3)[nH]2)ccnc1Br. The lowest BCUT2D eigenvalue weighted by Crippen LogP contribution is -1.94. The van der Waals surface area contributed by atoms with Crippen molar-refractivity contribution in [3.05, 3.63) is 52.9 Å². The summed E-state index contributed by atoms with van der Waals surface area (Å²) >= 11 is 3.24. The lowest BCUT2D eigenvalue weighted by atomic mass is 10.1. The Hall–Kier alpha value is -2.28. The molecule has 0 aliphatic rings. The Bertz CT molecular complexity index is 816. The number of nitrogen functional groups attached to an aromatic ring is 1. The van der Waals surface area contributed by atoms with Gasteiger partial charge in [0.1, 0.15) is 10.4 Å². The molecule has 0 aliphatic heterocycles. The molecule has 0 radical (unpaired) electrons. The summed E-state index contributed by atoms with van der Waals surface area (Å²) < 4.78 is 26.7. The number of nitrogens with one attached hydrogen (secondary N) is 1. The molecule has 0 unspecified atom stereocenters. The summed E-state index contributed by atoms with van der Waals surface area (Å²) in [7, 11) is 0. The van der Waals surface area contributed by atoms with Crippen molar-refractivity contribution in [2.45, 2.75) is 0 Å². The first kappa shape index (κ1) is 13.7. The van der Waals surface area contributed by atoms with E-state index < -0.39 is 11.6 Å². The zero-order valence-corrected chi connectivity index (χ0v) is 12.2. The minimum Gasteiger partial charge on any atom is -0.396 e. The normalized spacial score (nSPS) is 10.8. The van der Waals surface area contributed by atoms with E-state index in [1.165, 1.54) is 12.3 Å². The van der Waals surface area contributed by atoms with Crippen molar-refractivity contribution >= 4 is 21.6 Å². The molecule has 0 atom stereocenters. The Morgan fingerprint density at radius 1 is 1.10 bits per heavy atom. The van der Waals surface area contributed by atoms with Crippen molar-refractivity contribution in [1.82, 2.24) is 15.0 Å². The van der Waals surface area contributed by atoms with Crippen molar-refractivity contribution in [3.8, 4) is 22.6 Å². The van der Waals surface area contributed by atoms with Gasteiger partial charge in [-0.1, -0.05) is 0 Å². The Kier molecular flexibility index (Phi) is 3.42. The summed E-state index contributed by atoms with van der Waals surface area (Å²) in [4.78, 5) is 11.3. The minimum atomic E-state index is -0.908. The Balaban J connectivity index is 2.03. The van der Waals surface area contributed by atoms with Gasteiger partial charge < -0.3 is 10.7 Å². The van der Waals surface area contributed by atoms with E-state index in [2.05, 4.69) is 30.9 Å². The van der Waals surface area contributed by atoms with Crippen LogP contribution in [0.3, 0.4) is 0 Å². The van der Waals surface area contributed by atoms with E-state index in [0.29, 0.717) is 32.9 Å². The lowest BCUT2D eigenvalue weighted by Gasteiger charge is -2.03. The first-order valence-corrected chi connectivity index (χ1v) is 6.76. The maximum absolute atomic E-state index is 13.3. The van der Waals surface area contributed by atoms with Crippen LogP contribution in [0, 0.1) is 11.6 Å². The minimum absolute atomic E-state index is 0.448. The Morgan fingerprint density at radius 3 is 2.67 bits per heavy atom. The number of rotatable bonds is 2. The number of benzene rings is 1.